The van der Waals surface area contributed by atoms with Crippen LogP contribution in [0.3, 0.4) is 0 Å². The van der Waals surface area contributed by atoms with Crippen LogP contribution in [-0.2, 0) is 31.2 Å². The van der Waals surface area contributed by atoms with Crippen molar-refractivity contribution < 1.29 is 4.79 Å². The lowest BCUT2D eigenvalue weighted by atomic mass is 10.1. The van der Waals surface area contributed by atoms with Gasteiger partial charge in [-0.3, -0.25) is 14.3 Å². The van der Waals surface area contributed by atoms with Crippen LogP contribution in [0, 0.1) is 0 Å². The molecule has 1 amide bonds. The molecule has 0 atom stereocenters. The fourth-order valence-electron chi connectivity index (χ4n) is 2.67. The van der Waals surface area contributed by atoms with Crippen LogP contribution in [0.1, 0.15) is 17.5 Å². The summed E-state index contributed by atoms with van der Waals surface area (Å²) in [6, 6.07) is 7.49. The van der Waals surface area contributed by atoms with Crippen molar-refractivity contribution in [1.82, 2.24) is 9.36 Å². The Morgan fingerprint density at radius 2 is 2.05 bits per heavy atom. The maximum Gasteiger partial charge on any atom is 0.267 e. The van der Waals surface area contributed by atoms with Crippen LogP contribution in [-0.4, -0.2) is 15.3 Å². The van der Waals surface area contributed by atoms with Gasteiger partial charge in [0.1, 0.15) is 6.54 Å². The first-order chi connectivity index (χ1) is 9.63. The summed E-state index contributed by atoms with van der Waals surface area (Å²) in [6.07, 6.45) is 5.04. The van der Waals surface area contributed by atoms with E-state index in [9.17, 15) is 9.59 Å². The molecule has 0 radical (unpaired) electrons. The van der Waals surface area contributed by atoms with E-state index in [2.05, 4.69) is 11.4 Å². The molecule has 5 nitrogen and oxygen atoms in total. The summed E-state index contributed by atoms with van der Waals surface area (Å²) in [5, 5.41) is 2.85. The third-order valence-corrected chi connectivity index (χ3v) is 3.74. The minimum Gasteiger partial charge on any atom is -0.324 e. The van der Waals surface area contributed by atoms with Crippen LogP contribution in [0.25, 0.3) is 0 Å². The molecule has 0 saturated heterocycles. The molecule has 3 rings (SSSR count). The maximum atomic E-state index is 12.0. The van der Waals surface area contributed by atoms with Gasteiger partial charge in [-0.1, -0.05) is 6.07 Å². The number of aryl methyl sites for hydroxylation is 3. The van der Waals surface area contributed by atoms with Crippen molar-refractivity contribution in [3.8, 4) is 0 Å². The number of nitrogens with one attached hydrogen (secondary N) is 1. The predicted molar refractivity (Wildman–Crippen MR) is 76.8 cm³/mol. The highest BCUT2D eigenvalue weighted by Crippen LogP contribution is 2.24. The number of amides is 1. The van der Waals surface area contributed by atoms with Crippen molar-refractivity contribution in [1.29, 1.82) is 0 Å². The number of carbonyl (C=O) groups excluding carboxylic acids is 1. The van der Waals surface area contributed by atoms with Gasteiger partial charge < -0.3 is 5.32 Å². The number of carbonyl (C=O) groups is 1. The molecule has 0 bridgehead atoms. The number of fused-ring (bicyclic) bond motifs is 1. The van der Waals surface area contributed by atoms with Crippen LogP contribution < -0.4 is 10.9 Å². The fraction of sp³-hybridized carbons (Fsp3) is 0.333. The quantitative estimate of drug-likeness (QED) is 0.915. The zero-order valence-corrected chi connectivity index (χ0v) is 11.4. The number of hydrogen-bond donors (Lipinski definition) is 1. The molecule has 104 valence electrons. The van der Waals surface area contributed by atoms with Crippen molar-refractivity contribution in [2.75, 3.05) is 5.32 Å². The first-order valence-corrected chi connectivity index (χ1v) is 6.77. The molecule has 1 N–H and O–H groups in total. The summed E-state index contributed by atoms with van der Waals surface area (Å²) >= 11 is 0. The third-order valence-electron chi connectivity index (χ3n) is 3.74. The Hall–Kier alpha value is -2.30. The second-order valence-electron chi connectivity index (χ2n) is 5.17. The average molecular weight is 271 g/mol. The lowest BCUT2D eigenvalue weighted by Gasteiger charge is -2.09. The van der Waals surface area contributed by atoms with Gasteiger partial charge in [0.25, 0.3) is 5.56 Å². The summed E-state index contributed by atoms with van der Waals surface area (Å²) in [5.74, 6) is -0.188. The summed E-state index contributed by atoms with van der Waals surface area (Å²) in [4.78, 5) is 23.5. The van der Waals surface area contributed by atoms with Gasteiger partial charge in [-0.25, -0.2) is 4.68 Å². The Balaban J connectivity index is 1.72. The third kappa shape index (κ3) is 2.39. The maximum absolute atomic E-state index is 12.0. The topological polar surface area (TPSA) is 56.0 Å². The highest BCUT2D eigenvalue weighted by molar-refractivity contribution is 5.90. The van der Waals surface area contributed by atoms with Crippen LogP contribution >= 0.6 is 0 Å². The molecular formula is C15H17N3O2. The van der Waals surface area contributed by atoms with Crippen LogP contribution in [0.5, 0.6) is 0 Å². The Morgan fingerprint density at radius 3 is 2.80 bits per heavy atom. The summed E-state index contributed by atoms with van der Waals surface area (Å²) in [6.45, 7) is 0.0272. The van der Waals surface area contributed by atoms with E-state index in [0.29, 0.717) is 0 Å². The number of nitrogens with zero attached hydrogens (tertiary/aromatic N) is 2. The Bertz CT molecular complexity index is 712. The second-order valence-corrected chi connectivity index (χ2v) is 5.17. The zero-order valence-electron chi connectivity index (χ0n) is 11.4. The van der Waals surface area contributed by atoms with E-state index < -0.39 is 0 Å². The van der Waals surface area contributed by atoms with E-state index in [1.54, 1.807) is 17.9 Å². The Morgan fingerprint density at radius 1 is 1.25 bits per heavy atom. The molecule has 0 spiro atoms. The molecule has 1 heterocycles. The summed E-state index contributed by atoms with van der Waals surface area (Å²) < 4.78 is 3.01. The normalized spacial score (nSPS) is 13.2. The largest absolute Gasteiger partial charge is 0.324 e. The van der Waals surface area contributed by atoms with Crippen LogP contribution in [0.2, 0.25) is 0 Å². The second kappa shape index (κ2) is 5.00. The molecule has 0 fully saturated rings. The number of benzene rings is 1. The van der Waals surface area contributed by atoms with Gasteiger partial charge in [-0.15, -0.1) is 0 Å². The Kier molecular flexibility index (Phi) is 3.18. The molecule has 1 aliphatic carbocycles. The van der Waals surface area contributed by atoms with Gasteiger partial charge in [0, 0.05) is 25.0 Å². The van der Waals surface area contributed by atoms with Crippen molar-refractivity contribution in [3.63, 3.8) is 0 Å². The monoisotopic (exact) mass is 271 g/mol. The first kappa shape index (κ1) is 12.7. The van der Waals surface area contributed by atoms with E-state index in [1.807, 2.05) is 12.1 Å². The highest BCUT2D eigenvalue weighted by atomic mass is 16.2. The van der Waals surface area contributed by atoms with E-state index in [0.717, 1.165) is 18.5 Å². The number of rotatable bonds is 3. The SMILES string of the molecule is Cn1ccc(=O)n1CC(=O)Nc1ccc2c(c1)CCC2. The molecular weight excluding hydrogens is 254 g/mol. The van der Waals surface area contributed by atoms with E-state index in [4.69, 9.17) is 0 Å². The number of aromatic nitrogens is 2. The van der Waals surface area contributed by atoms with E-state index >= 15 is 0 Å². The summed E-state index contributed by atoms with van der Waals surface area (Å²) in [5.41, 5.74) is 3.33. The fourth-order valence-corrected chi connectivity index (χ4v) is 2.67. The lowest BCUT2D eigenvalue weighted by Crippen LogP contribution is -2.28. The molecule has 5 heteroatoms. The van der Waals surface area contributed by atoms with Gasteiger partial charge in [-0.2, -0.15) is 0 Å². The molecule has 0 saturated carbocycles. The van der Waals surface area contributed by atoms with Gasteiger partial charge in [0.15, 0.2) is 0 Å². The van der Waals surface area contributed by atoms with Crippen molar-refractivity contribution in [3.05, 3.63) is 51.9 Å². The smallest absolute Gasteiger partial charge is 0.267 e. The van der Waals surface area contributed by atoms with Gasteiger partial charge >= 0.3 is 0 Å². The molecule has 0 aliphatic heterocycles. The number of anilines is 1. The van der Waals surface area contributed by atoms with Gasteiger partial charge in [-0.05, 0) is 42.5 Å². The van der Waals surface area contributed by atoms with Crippen molar-refractivity contribution in [2.24, 2.45) is 7.05 Å². The minimum atomic E-state index is -0.188. The molecule has 20 heavy (non-hydrogen) atoms. The minimum absolute atomic E-state index is 0.0272. The van der Waals surface area contributed by atoms with Gasteiger partial charge in [0.2, 0.25) is 5.91 Å². The Labute approximate surface area is 116 Å². The van der Waals surface area contributed by atoms with E-state index in [1.165, 1.54) is 28.3 Å². The molecule has 1 aliphatic rings. The average Bonchev–Trinajstić information content (AvgIpc) is 3.00. The van der Waals surface area contributed by atoms with Crippen molar-refractivity contribution >= 4 is 11.6 Å². The van der Waals surface area contributed by atoms with Crippen molar-refractivity contribution in [2.45, 2.75) is 25.8 Å². The zero-order chi connectivity index (χ0) is 14.1. The molecule has 0 unspecified atom stereocenters. The molecule has 1 aromatic heterocycles. The molecule has 1 aromatic carbocycles. The predicted octanol–water partition coefficient (Wildman–Crippen LogP) is 1.31. The highest BCUT2D eigenvalue weighted by Gasteiger charge is 2.12. The van der Waals surface area contributed by atoms with E-state index in [-0.39, 0.29) is 18.0 Å². The number of hydrogen-bond acceptors (Lipinski definition) is 2. The van der Waals surface area contributed by atoms with Crippen LogP contribution in [0.15, 0.2) is 35.3 Å². The standard InChI is InChI=1S/C15H17N3O2/c1-17-8-7-15(20)18(17)10-14(19)16-13-6-5-11-3-2-4-12(11)9-13/h5-9H,2-4,10H2,1H3,(H,16,19). The summed E-state index contributed by atoms with van der Waals surface area (Å²) in [7, 11) is 1.74. The first-order valence-electron chi connectivity index (χ1n) is 6.77. The lowest BCUT2D eigenvalue weighted by molar-refractivity contribution is -0.117. The van der Waals surface area contributed by atoms with Crippen LogP contribution in [0.4, 0.5) is 5.69 Å². The molecule has 2 aromatic rings. The van der Waals surface area contributed by atoms with Gasteiger partial charge in [0.05, 0.1) is 0 Å².